The lowest BCUT2D eigenvalue weighted by molar-refractivity contribution is -0.142. The molecule has 2 aromatic rings. The van der Waals surface area contributed by atoms with Gasteiger partial charge in [0.15, 0.2) is 5.44 Å². The molecule has 0 radical (unpaired) electrons. The molecule has 0 N–H and O–H groups in total. The summed E-state index contributed by atoms with van der Waals surface area (Å²) in [5.74, 6) is -0.266. The van der Waals surface area contributed by atoms with Gasteiger partial charge in [-0.2, -0.15) is 0 Å². The molecule has 23 heavy (non-hydrogen) atoms. The van der Waals surface area contributed by atoms with Crippen molar-refractivity contribution in [3.8, 4) is 0 Å². The fourth-order valence-corrected chi connectivity index (χ4v) is 3.03. The first-order valence-electron chi connectivity index (χ1n) is 7.65. The second-order valence-electron chi connectivity index (χ2n) is 5.30. The third-order valence-electron chi connectivity index (χ3n) is 3.20. The van der Waals surface area contributed by atoms with Crippen LogP contribution in [0.3, 0.4) is 0 Å². The molecule has 1 atom stereocenters. The van der Waals surface area contributed by atoms with Crippen LogP contribution in [0.4, 0.5) is 0 Å². The van der Waals surface area contributed by atoms with Crippen molar-refractivity contribution in [2.24, 2.45) is 0 Å². The van der Waals surface area contributed by atoms with Crippen LogP contribution in [0.5, 0.6) is 0 Å². The molecule has 0 amide bonds. The van der Waals surface area contributed by atoms with E-state index in [2.05, 4.69) is 19.1 Å². The molecule has 0 bridgehead atoms. The Morgan fingerprint density at radius 1 is 1.09 bits per heavy atom. The second kappa shape index (κ2) is 9.38. The summed E-state index contributed by atoms with van der Waals surface area (Å²) < 4.78 is 11.1. The van der Waals surface area contributed by atoms with Crippen molar-refractivity contribution in [2.45, 2.75) is 37.2 Å². The third-order valence-corrected chi connectivity index (χ3v) is 4.33. The second-order valence-corrected chi connectivity index (χ2v) is 6.53. The molecule has 1 unspecified atom stereocenters. The molecule has 0 saturated carbocycles. The number of carbonyl (C=O) groups excluding carboxylic acids is 1. The summed E-state index contributed by atoms with van der Waals surface area (Å²) >= 11 is 1.55. The summed E-state index contributed by atoms with van der Waals surface area (Å²) in [7, 11) is 0. The van der Waals surface area contributed by atoms with E-state index in [0.717, 1.165) is 10.5 Å². The lowest BCUT2D eigenvalue weighted by Gasteiger charge is -2.16. The van der Waals surface area contributed by atoms with Crippen molar-refractivity contribution in [3.05, 3.63) is 65.7 Å². The van der Waals surface area contributed by atoms with Crippen LogP contribution in [-0.4, -0.2) is 18.0 Å². The Balaban J connectivity index is 1.81. The van der Waals surface area contributed by atoms with Crippen molar-refractivity contribution in [1.29, 1.82) is 0 Å². The molecule has 2 aromatic carbocycles. The van der Waals surface area contributed by atoms with E-state index < -0.39 is 0 Å². The zero-order valence-electron chi connectivity index (χ0n) is 13.5. The highest BCUT2D eigenvalue weighted by Gasteiger charge is 2.14. The Morgan fingerprint density at radius 3 is 2.43 bits per heavy atom. The summed E-state index contributed by atoms with van der Waals surface area (Å²) in [6.07, 6.45) is 0.658. The average molecular weight is 330 g/mol. The van der Waals surface area contributed by atoms with Gasteiger partial charge in [-0.3, -0.25) is 4.79 Å². The van der Waals surface area contributed by atoms with Gasteiger partial charge in [0, 0.05) is 18.2 Å². The van der Waals surface area contributed by atoms with E-state index in [1.165, 1.54) is 12.5 Å². The minimum atomic E-state index is -0.266. The number of carbonyl (C=O) groups is 1. The number of aryl methyl sites for hydroxylation is 1. The fraction of sp³-hybridized carbons (Fsp3) is 0.316. The fourth-order valence-electron chi connectivity index (χ4n) is 2.04. The Kier molecular flexibility index (Phi) is 7.17. The van der Waals surface area contributed by atoms with Crippen molar-refractivity contribution >= 4 is 17.7 Å². The highest BCUT2D eigenvalue weighted by Crippen LogP contribution is 2.26. The zero-order valence-corrected chi connectivity index (χ0v) is 14.3. The van der Waals surface area contributed by atoms with Gasteiger partial charge in [0.05, 0.1) is 13.2 Å². The van der Waals surface area contributed by atoms with E-state index in [1.54, 1.807) is 11.8 Å². The molecule has 0 saturated heterocycles. The Labute approximate surface area is 142 Å². The molecule has 0 fully saturated rings. The third kappa shape index (κ3) is 6.89. The molecular formula is C19H22O3S. The van der Waals surface area contributed by atoms with Crippen LogP contribution in [0.25, 0.3) is 0 Å². The number of ether oxygens (including phenoxy) is 2. The van der Waals surface area contributed by atoms with Crippen molar-refractivity contribution in [2.75, 3.05) is 6.61 Å². The van der Waals surface area contributed by atoms with Crippen LogP contribution in [0.1, 0.15) is 24.5 Å². The largest absolute Gasteiger partial charge is 0.451 e. The highest BCUT2D eigenvalue weighted by molar-refractivity contribution is 7.99. The molecule has 0 heterocycles. The molecule has 122 valence electrons. The monoisotopic (exact) mass is 330 g/mol. The van der Waals surface area contributed by atoms with E-state index in [1.807, 2.05) is 42.5 Å². The van der Waals surface area contributed by atoms with Crippen LogP contribution >= 0.6 is 11.8 Å². The molecule has 0 aliphatic heterocycles. The first kappa shape index (κ1) is 17.6. The van der Waals surface area contributed by atoms with Crippen molar-refractivity contribution < 1.29 is 14.3 Å². The predicted octanol–water partition coefficient (Wildman–Crippen LogP) is 4.58. The minimum Gasteiger partial charge on any atom is -0.451 e. The van der Waals surface area contributed by atoms with Gasteiger partial charge in [-0.1, -0.05) is 59.8 Å². The van der Waals surface area contributed by atoms with E-state index >= 15 is 0 Å². The Hall–Kier alpha value is -1.78. The Bertz CT molecular complexity index is 596. The van der Waals surface area contributed by atoms with Gasteiger partial charge in [-0.15, -0.1) is 0 Å². The average Bonchev–Trinajstić information content (AvgIpc) is 2.54. The number of benzene rings is 2. The maximum absolute atomic E-state index is 11.3. The van der Waals surface area contributed by atoms with Crippen molar-refractivity contribution in [3.63, 3.8) is 0 Å². The highest BCUT2D eigenvalue weighted by atomic mass is 32.2. The summed E-state index contributed by atoms with van der Waals surface area (Å²) in [6.45, 7) is 4.61. The molecule has 0 spiro atoms. The minimum absolute atomic E-state index is 0.231. The van der Waals surface area contributed by atoms with Gasteiger partial charge in [-0.25, -0.2) is 0 Å². The molecular weight excluding hydrogens is 308 g/mol. The molecule has 0 aromatic heterocycles. The predicted molar refractivity (Wildman–Crippen MR) is 93.3 cm³/mol. The SMILES string of the molecule is CC(=O)OC(CCOCc1ccccc1)Sc1ccc(C)cc1. The lowest BCUT2D eigenvalue weighted by Crippen LogP contribution is -2.15. The van der Waals surface area contributed by atoms with Gasteiger partial charge >= 0.3 is 5.97 Å². The van der Waals surface area contributed by atoms with Crippen molar-refractivity contribution in [1.82, 2.24) is 0 Å². The zero-order chi connectivity index (χ0) is 16.5. The molecule has 0 aliphatic rings. The standard InChI is InChI=1S/C19H22O3S/c1-15-8-10-18(11-9-15)23-19(22-16(2)20)12-13-21-14-17-6-4-3-5-7-17/h3-11,19H,12-14H2,1-2H3. The van der Waals surface area contributed by atoms with Crippen LogP contribution in [0, 0.1) is 6.92 Å². The van der Waals surface area contributed by atoms with Crippen LogP contribution in [0.2, 0.25) is 0 Å². The maximum Gasteiger partial charge on any atom is 0.303 e. The number of hydrogen-bond acceptors (Lipinski definition) is 4. The Morgan fingerprint density at radius 2 is 1.78 bits per heavy atom. The molecule has 3 nitrogen and oxygen atoms in total. The molecule has 0 aliphatic carbocycles. The van der Waals surface area contributed by atoms with Gasteiger partial charge in [0.2, 0.25) is 0 Å². The van der Waals surface area contributed by atoms with Crippen LogP contribution in [-0.2, 0) is 20.9 Å². The van der Waals surface area contributed by atoms with Gasteiger partial charge < -0.3 is 9.47 Å². The van der Waals surface area contributed by atoms with E-state index in [4.69, 9.17) is 9.47 Å². The van der Waals surface area contributed by atoms with Gasteiger partial charge in [0.25, 0.3) is 0 Å². The van der Waals surface area contributed by atoms with E-state index in [9.17, 15) is 4.79 Å². The summed E-state index contributed by atoms with van der Waals surface area (Å²) in [5.41, 5.74) is 2.12. The number of esters is 1. The number of rotatable bonds is 8. The summed E-state index contributed by atoms with van der Waals surface area (Å²) in [5, 5.41) is 0. The van der Waals surface area contributed by atoms with Crippen LogP contribution < -0.4 is 0 Å². The first-order chi connectivity index (χ1) is 11.1. The van der Waals surface area contributed by atoms with E-state index in [0.29, 0.717) is 19.6 Å². The quantitative estimate of drug-likeness (QED) is 0.307. The normalized spacial score (nSPS) is 11.9. The summed E-state index contributed by atoms with van der Waals surface area (Å²) in [6, 6.07) is 18.2. The summed E-state index contributed by atoms with van der Waals surface area (Å²) in [4.78, 5) is 12.4. The smallest absolute Gasteiger partial charge is 0.303 e. The number of thioether (sulfide) groups is 1. The number of hydrogen-bond donors (Lipinski definition) is 0. The van der Waals surface area contributed by atoms with Crippen LogP contribution in [0.15, 0.2) is 59.5 Å². The van der Waals surface area contributed by atoms with Gasteiger partial charge in [-0.05, 0) is 24.6 Å². The molecule has 4 heteroatoms. The molecule has 2 rings (SSSR count). The topological polar surface area (TPSA) is 35.5 Å². The van der Waals surface area contributed by atoms with E-state index in [-0.39, 0.29) is 11.4 Å². The lowest BCUT2D eigenvalue weighted by atomic mass is 10.2. The maximum atomic E-state index is 11.3. The first-order valence-corrected chi connectivity index (χ1v) is 8.53. The van der Waals surface area contributed by atoms with Gasteiger partial charge in [0.1, 0.15) is 0 Å².